The van der Waals surface area contributed by atoms with Gasteiger partial charge in [-0.05, 0) is 36.4 Å². The van der Waals surface area contributed by atoms with Crippen molar-refractivity contribution in [1.82, 2.24) is 0 Å². The number of nitrogens with zero attached hydrogens (tertiary/aromatic N) is 2. The molecule has 0 fully saturated rings. The Morgan fingerprint density at radius 1 is 1.24 bits per heavy atom. The van der Waals surface area contributed by atoms with Crippen molar-refractivity contribution in [2.45, 2.75) is 0 Å². The van der Waals surface area contributed by atoms with Crippen LogP contribution in [-0.2, 0) is 0 Å². The van der Waals surface area contributed by atoms with Gasteiger partial charge in [-0.3, -0.25) is 4.99 Å². The van der Waals surface area contributed by atoms with Gasteiger partial charge in [0.05, 0.1) is 11.6 Å². The Balaban J connectivity index is 2.34. The van der Waals surface area contributed by atoms with Crippen molar-refractivity contribution in [2.75, 3.05) is 7.05 Å². The highest BCUT2D eigenvalue weighted by Gasteiger charge is 2.06. The summed E-state index contributed by atoms with van der Waals surface area (Å²) in [6, 6.07) is 12.8. The quantitative estimate of drug-likeness (QED) is 0.628. The minimum absolute atomic E-state index is 0.366. The summed E-state index contributed by atoms with van der Waals surface area (Å²) < 4.78 is 5.56. The highest BCUT2D eigenvalue weighted by molar-refractivity contribution is 5.95. The van der Waals surface area contributed by atoms with Crippen LogP contribution in [0.2, 0.25) is 0 Å². The van der Waals surface area contributed by atoms with Gasteiger partial charge < -0.3 is 10.2 Å². The molecule has 1 heterocycles. The molecule has 84 valence electrons. The van der Waals surface area contributed by atoms with Crippen molar-refractivity contribution in [3.8, 4) is 17.4 Å². The van der Waals surface area contributed by atoms with Gasteiger partial charge in [-0.2, -0.15) is 5.26 Å². The summed E-state index contributed by atoms with van der Waals surface area (Å²) in [5, 5.41) is 8.70. The zero-order valence-corrected chi connectivity index (χ0v) is 9.34. The Morgan fingerprint density at radius 3 is 2.53 bits per heavy atom. The molecule has 0 aliphatic heterocycles. The lowest BCUT2D eigenvalue weighted by molar-refractivity contribution is 0.571. The molecule has 1 aromatic carbocycles. The molecule has 0 saturated heterocycles. The van der Waals surface area contributed by atoms with Gasteiger partial charge in [-0.1, -0.05) is 0 Å². The van der Waals surface area contributed by atoms with Gasteiger partial charge in [-0.15, -0.1) is 0 Å². The largest absolute Gasteiger partial charge is 0.453 e. The van der Waals surface area contributed by atoms with Crippen LogP contribution in [0.25, 0.3) is 11.3 Å². The summed E-state index contributed by atoms with van der Waals surface area (Å²) >= 11 is 0. The van der Waals surface area contributed by atoms with Crippen LogP contribution >= 0.6 is 0 Å². The third-order valence-corrected chi connectivity index (χ3v) is 2.40. The van der Waals surface area contributed by atoms with Gasteiger partial charge in [-0.25, -0.2) is 0 Å². The monoisotopic (exact) mass is 225 g/mol. The van der Waals surface area contributed by atoms with Gasteiger partial charge >= 0.3 is 0 Å². The zero-order chi connectivity index (χ0) is 12.3. The second-order valence-corrected chi connectivity index (χ2v) is 3.46. The van der Waals surface area contributed by atoms with Crippen molar-refractivity contribution >= 4 is 5.84 Å². The van der Waals surface area contributed by atoms with E-state index in [-0.39, 0.29) is 0 Å². The molecule has 0 aliphatic rings. The van der Waals surface area contributed by atoms with Crippen molar-refractivity contribution in [1.29, 1.82) is 5.26 Å². The first-order chi connectivity index (χ1) is 8.24. The molecular formula is C13H11N3O. The molecular weight excluding hydrogens is 214 g/mol. The van der Waals surface area contributed by atoms with Crippen molar-refractivity contribution < 1.29 is 4.42 Å². The lowest BCUT2D eigenvalue weighted by atomic mass is 10.1. The number of nitrogens with two attached hydrogens (primary N) is 1. The van der Waals surface area contributed by atoms with Crippen LogP contribution in [0.4, 0.5) is 0 Å². The summed E-state index contributed by atoms with van der Waals surface area (Å²) in [6.07, 6.45) is 0. The summed E-state index contributed by atoms with van der Waals surface area (Å²) in [4.78, 5) is 3.85. The molecule has 0 unspecified atom stereocenters. The van der Waals surface area contributed by atoms with Crippen LogP contribution in [0.3, 0.4) is 0 Å². The molecule has 0 saturated carbocycles. The predicted octanol–water partition coefficient (Wildman–Crippen LogP) is 2.15. The Kier molecular flexibility index (Phi) is 2.93. The number of hydrogen-bond acceptors (Lipinski definition) is 3. The average molecular weight is 225 g/mol. The van der Waals surface area contributed by atoms with Crippen LogP contribution in [0.5, 0.6) is 0 Å². The number of amidine groups is 1. The second-order valence-electron chi connectivity index (χ2n) is 3.46. The fourth-order valence-electron chi connectivity index (χ4n) is 1.45. The number of rotatable bonds is 2. The SMILES string of the molecule is CN=C(N)c1ccc(-c2ccc(C#N)cc2)o1. The Morgan fingerprint density at radius 2 is 1.94 bits per heavy atom. The molecule has 0 bridgehead atoms. The first kappa shape index (κ1) is 11.0. The molecule has 0 spiro atoms. The van der Waals surface area contributed by atoms with Gasteiger partial charge in [0.1, 0.15) is 5.76 Å². The fraction of sp³-hybridized carbons (Fsp3) is 0.0769. The van der Waals surface area contributed by atoms with E-state index in [9.17, 15) is 0 Å². The van der Waals surface area contributed by atoms with E-state index in [4.69, 9.17) is 15.4 Å². The molecule has 17 heavy (non-hydrogen) atoms. The normalized spacial score (nSPS) is 11.2. The molecule has 2 rings (SSSR count). The van der Waals surface area contributed by atoms with E-state index < -0.39 is 0 Å². The fourth-order valence-corrected chi connectivity index (χ4v) is 1.45. The highest BCUT2D eigenvalue weighted by atomic mass is 16.3. The minimum atomic E-state index is 0.366. The van der Waals surface area contributed by atoms with E-state index in [1.807, 2.05) is 18.2 Å². The number of nitriles is 1. The Bertz CT molecular complexity index is 588. The van der Waals surface area contributed by atoms with Crippen LogP contribution in [0.15, 0.2) is 45.8 Å². The predicted molar refractivity (Wildman–Crippen MR) is 65.5 cm³/mol. The van der Waals surface area contributed by atoms with Gasteiger partial charge in [0.2, 0.25) is 0 Å². The van der Waals surface area contributed by atoms with Gasteiger partial charge in [0, 0.05) is 12.6 Å². The number of furan rings is 1. The third kappa shape index (κ3) is 2.18. The first-order valence-electron chi connectivity index (χ1n) is 5.07. The molecule has 2 N–H and O–H groups in total. The molecule has 0 radical (unpaired) electrons. The number of hydrogen-bond donors (Lipinski definition) is 1. The van der Waals surface area contributed by atoms with Crippen LogP contribution in [0.1, 0.15) is 11.3 Å². The Hall–Kier alpha value is -2.54. The van der Waals surface area contributed by atoms with E-state index in [0.717, 1.165) is 5.56 Å². The summed E-state index contributed by atoms with van der Waals surface area (Å²) in [7, 11) is 1.61. The lowest BCUT2D eigenvalue weighted by Gasteiger charge is -1.97. The maximum Gasteiger partial charge on any atom is 0.169 e. The molecule has 4 heteroatoms. The summed E-state index contributed by atoms with van der Waals surface area (Å²) in [6.45, 7) is 0. The van der Waals surface area contributed by atoms with E-state index in [0.29, 0.717) is 22.9 Å². The van der Waals surface area contributed by atoms with Crippen molar-refractivity contribution in [2.24, 2.45) is 10.7 Å². The number of benzene rings is 1. The minimum Gasteiger partial charge on any atom is -0.453 e. The second kappa shape index (κ2) is 4.54. The number of aliphatic imine (C=N–C) groups is 1. The maximum absolute atomic E-state index is 8.70. The highest BCUT2D eigenvalue weighted by Crippen LogP contribution is 2.22. The van der Waals surface area contributed by atoms with Gasteiger partial charge in [0.15, 0.2) is 11.6 Å². The van der Waals surface area contributed by atoms with Crippen molar-refractivity contribution in [3.05, 3.63) is 47.7 Å². The van der Waals surface area contributed by atoms with Gasteiger partial charge in [0.25, 0.3) is 0 Å². The van der Waals surface area contributed by atoms with Crippen LogP contribution in [-0.4, -0.2) is 12.9 Å². The molecule has 2 aromatic rings. The first-order valence-corrected chi connectivity index (χ1v) is 5.07. The molecule has 0 amide bonds. The topological polar surface area (TPSA) is 75.3 Å². The lowest BCUT2D eigenvalue weighted by Crippen LogP contribution is -2.11. The zero-order valence-electron chi connectivity index (χ0n) is 9.34. The van der Waals surface area contributed by atoms with E-state index in [2.05, 4.69) is 11.1 Å². The Labute approximate surface area is 99.0 Å². The van der Waals surface area contributed by atoms with Crippen LogP contribution in [0, 0.1) is 11.3 Å². The van der Waals surface area contributed by atoms with Crippen LogP contribution < -0.4 is 5.73 Å². The molecule has 0 aliphatic carbocycles. The summed E-state index contributed by atoms with van der Waals surface area (Å²) in [5.74, 6) is 1.62. The average Bonchev–Trinajstić information content (AvgIpc) is 2.87. The standard InChI is InChI=1S/C13H11N3O/c1-16-13(15)12-7-6-11(17-12)10-4-2-9(8-14)3-5-10/h2-7H,1H3,(H2,15,16). The smallest absolute Gasteiger partial charge is 0.169 e. The molecule has 1 aromatic heterocycles. The van der Waals surface area contributed by atoms with E-state index in [1.165, 1.54) is 0 Å². The summed E-state index contributed by atoms with van der Waals surface area (Å²) in [5.41, 5.74) is 7.17. The molecule has 0 atom stereocenters. The van der Waals surface area contributed by atoms with Crippen molar-refractivity contribution in [3.63, 3.8) is 0 Å². The van der Waals surface area contributed by atoms with E-state index in [1.54, 1.807) is 25.2 Å². The maximum atomic E-state index is 8.70. The van der Waals surface area contributed by atoms with E-state index >= 15 is 0 Å². The third-order valence-electron chi connectivity index (χ3n) is 2.40. The molecule has 4 nitrogen and oxygen atoms in total.